The molecule has 0 spiro atoms. The largest absolute Gasteiger partial charge is 0.364 e. The highest BCUT2D eigenvalue weighted by molar-refractivity contribution is 6.70. The summed E-state index contributed by atoms with van der Waals surface area (Å²) in [5.74, 6) is -0.737. The smallest absolute Gasteiger partial charge is 0.269 e. The maximum absolute atomic E-state index is 11.6. The fraction of sp³-hybridized carbons (Fsp3) is 0.158. The molecule has 0 saturated heterocycles. The molecule has 1 aliphatic rings. The first-order valence-electron chi connectivity index (χ1n) is 7.57. The van der Waals surface area contributed by atoms with E-state index in [1.807, 2.05) is 67.6 Å². The lowest BCUT2D eigenvalue weighted by Gasteiger charge is -2.26. The molecule has 2 unspecified atom stereocenters. The van der Waals surface area contributed by atoms with Gasteiger partial charge in [0.05, 0.1) is 0 Å². The number of hydrogen-bond acceptors (Lipinski definition) is 4. The Kier molecular flexibility index (Phi) is 4.21. The van der Waals surface area contributed by atoms with Gasteiger partial charge in [0.25, 0.3) is 5.91 Å². The van der Waals surface area contributed by atoms with Crippen molar-refractivity contribution in [3.8, 4) is 6.07 Å². The number of aryl methyl sites for hydroxylation is 1. The summed E-state index contributed by atoms with van der Waals surface area (Å²) in [4.78, 5) is 20.6. The molecule has 3 rings (SSSR count). The second kappa shape index (κ2) is 6.47. The van der Waals surface area contributed by atoms with Crippen molar-refractivity contribution in [2.24, 2.45) is 15.7 Å². The van der Waals surface area contributed by atoms with Crippen LogP contribution in [0, 0.1) is 18.3 Å². The summed E-state index contributed by atoms with van der Waals surface area (Å²) >= 11 is 0. The van der Waals surface area contributed by atoms with Gasteiger partial charge in [-0.25, -0.2) is 0 Å². The van der Waals surface area contributed by atoms with Gasteiger partial charge >= 0.3 is 0 Å². The molecule has 0 fully saturated rings. The fourth-order valence-corrected chi connectivity index (χ4v) is 2.73. The Morgan fingerprint density at radius 2 is 1.58 bits per heavy atom. The average Bonchev–Trinajstić information content (AvgIpc) is 2.62. The number of nitriles is 1. The number of carbonyl (C=O) groups is 1. The summed E-state index contributed by atoms with van der Waals surface area (Å²) in [7, 11) is 0. The van der Waals surface area contributed by atoms with E-state index < -0.39 is 11.9 Å². The zero-order valence-electron chi connectivity index (χ0n) is 13.2. The summed E-state index contributed by atoms with van der Waals surface area (Å²) in [6.07, 6.45) is 0. The number of aliphatic imine (C=N–C) groups is 2. The van der Waals surface area contributed by atoms with E-state index in [0.717, 1.165) is 16.7 Å². The van der Waals surface area contributed by atoms with Crippen LogP contribution in [-0.2, 0) is 4.79 Å². The Morgan fingerprint density at radius 1 is 1.00 bits per heavy atom. The van der Waals surface area contributed by atoms with Crippen LogP contribution in [0.1, 0.15) is 28.8 Å². The van der Waals surface area contributed by atoms with Crippen LogP contribution in [0.3, 0.4) is 0 Å². The Bertz CT molecular complexity index is 860. The number of carbonyl (C=O) groups excluding carboxylic acids is 1. The SMILES string of the molecule is Cc1ccc(C2N=C(C#N)C(C(N)=O)=NC2c2ccccc2)cc1. The van der Waals surface area contributed by atoms with E-state index in [1.54, 1.807) is 0 Å². The van der Waals surface area contributed by atoms with Crippen molar-refractivity contribution in [3.05, 3.63) is 71.3 Å². The lowest BCUT2D eigenvalue weighted by molar-refractivity contribution is -0.111. The van der Waals surface area contributed by atoms with Gasteiger partial charge in [0.1, 0.15) is 18.2 Å². The normalized spacial score (nSPS) is 19.8. The van der Waals surface area contributed by atoms with Crippen LogP contribution in [0.2, 0.25) is 0 Å². The average molecular weight is 316 g/mol. The van der Waals surface area contributed by atoms with Gasteiger partial charge in [-0.1, -0.05) is 60.2 Å². The topological polar surface area (TPSA) is 91.6 Å². The number of nitrogens with zero attached hydrogens (tertiary/aromatic N) is 3. The molecule has 2 atom stereocenters. The van der Waals surface area contributed by atoms with Crippen molar-refractivity contribution >= 4 is 17.3 Å². The minimum Gasteiger partial charge on any atom is -0.364 e. The van der Waals surface area contributed by atoms with Crippen molar-refractivity contribution in [2.45, 2.75) is 19.0 Å². The van der Waals surface area contributed by atoms with Crippen molar-refractivity contribution in [3.63, 3.8) is 0 Å². The molecule has 1 heterocycles. The van der Waals surface area contributed by atoms with Crippen LogP contribution in [-0.4, -0.2) is 17.3 Å². The molecule has 0 aliphatic carbocycles. The highest BCUT2D eigenvalue weighted by atomic mass is 16.1. The number of amides is 1. The monoisotopic (exact) mass is 316 g/mol. The van der Waals surface area contributed by atoms with Crippen LogP contribution >= 0.6 is 0 Å². The Hall–Kier alpha value is -3.26. The molecule has 5 heteroatoms. The summed E-state index contributed by atoms with van der Waals surface area (Å²) in [6.45, 7) is 2.01. The van der Waals surface area contributed by atoms with Crippen LogP contribution in [0.25, 0.3) is 0 Å². The van der Waals surface area contributed by atoms with Gasteiger partial charge in [-0.3, -0.25) is 14.8 Å². The van der Waals surface area contributed by atoms with Crippen molar-refractivity contribution in [2.75, 3.05) is 0 Å². The molecule has 2 aromatic carbocycles. The maximum atomic E-state index is 11.6. The number of benzene rings is 2. The third kappa shape index (κ3) is 2.95. The minimum atomic E-state index is -0.737. The zero-order valence-corrected chi connectivity index (χ0v) is 13.2. The molecular formula is C19H16N4O. The lowest BCUT2D eigenvalue weighted by atomic mass is 9.91. The first-order chi connectivity index (χ1) is 11.6. The van der Waals surface area contributed by atoms with Crippen LogP contribution in [0.5, 0.6) is 0 Å². The minimum absolute atomic E-state index is 0.0137. The fourth-order valence-electron chi connectivity index (χ4n) is 2.73. The van der Waals surface area contributed by atoms with E-state index in [0.29, 0.717) is 0 Å². The number of nitrogens with two attached hydrogens (primary N) is 1. The van der Waals surface area contributed by atoms with E-state index in [2.05, 4.69) is 9.98 Å². The molecule has 2 N–H and O–H groups in total. The summed E-state index contributed by atoms with van der Waals surface area (Å²) in [5, 5.41) is 9.31. The van der Waals surface area contributed by atoms with Gasteiger partial charge in [-0.2, -0.15) is 5.26 Å². The summed E-state index contributed by atoms with van der Waals surface area (Å²) < 4.78 is 0. The third-order valence-corrected chi connectivity index (χ3v) is 3.96. The van der Waals surface area contributed by atoms with Crippen molar-refractivity contribution in [1.29, 1.82) is 5.26 Å². The van der Waals surface area contributed by atoms with Gasteiger partial charge in [0.2, 0.25) is 0 Å². The van der Waals surface area contributed by atoms with Crippen LogP contribution in [0.15, 0.2) is 64.6 Å². The zero-order chi connectivity index (χ0) is 17.1. The molecule has 0 saturated carbocycles. The first-order valence-corrected chi connectivity index (χ1v) is 7.57. The van der Waals surface area contributed by atoms with Gasteiger partial charge in [-0.05, 0) is 18.1 Å². The van der Waals surface area contributed by atoms with Gasteiger partial charge < -0.3 is 5.73 Å². The number of primary amides is 1. The van der Waals surface area contributed by atoms with Gasteiger partial charge in [0, 0.05) is 0 Å². The second-order valence-electron chi connectivity index (χ2n) is 5.64. The maximum Gasteiger partial charge on any atom is 0.269 e. The molecule has 118 valence electrons. The van der Waals surface area contributed by atoms with E-state index >= 15 is 0 Å². The predicted octanol–water partition coefficient (Wildman–Crippen LogP) is 2.68. The second-order valence-corrected chi connectivity index (χ2v) is 5.64. The molecule has 0 bridgehead atoms. The van der Waals surface area contributed by atoms with Crippen molar-refractivity contribution in [1.82, 2.24) is 0 Å². The molecule has 24 heavy (non-hydrogen) atoms. The summed E-state index contributed by atoms with van der Waals surface area (Å²) in [5.41, 5.74) is 8.30. The highest BCUT2D eigenvalue weighted by Gasteiger charge is 2.32. The molecule has 5 nitrogen and oxygen atoms in total. The first kappa shape index (κ1) is 15.6. The van der Waals surface area contributed by atoms with E-state index in [1.165, 1.54) is 0 Å². The quantitative estimate of drug-likeness (QED) is 0.943. The number of rotatable bonds is 3. The van der Waals surface area contributed by atoms with Crippen LogP contribution < -0.4 is 5.73 Å². The third-order valence-electron chi connectivity index (χ3n) is 3.96. The van der Waals surface area contributed by atoms with Gasteiger partial charge in [-0.15, -0.1) is 0 Å². The molecule has 2 aromatic rings. The highest BCUT2D eigenvalue weighted by Crippen LogP contribution is 2.38. The van der Waals surface area contributed by atoms with Gasteiger partial charge in [0.15, 0.2) is 11.4 Å². The Labute approximate surface area is 140 Å². The Morgan fingerprint density at radius 3 is 2.17 bits per heavy atom. The Balaban J connectivity index is 2.13. The standard InChI is InChI=1S/C19H16N4O/c1-12-7-9-14(10-8-12)16-17(13-5-3-2-4-6-13)23-18(19(21)24)15(11-20)22-16/h2-10,16-17H,1H3,(H2,21,24). The number of hydrogen-bond donors (Lipinski definition) is 1. The van der Waals surface area contributed by atoms with Crippen LogP contribution in [0.4, 0.5) is 0 Å². The molecular weight excluding hydrogens is 300 g/mol. The van der Waals surface area contributed by atoms with E-state index in [-0.39, 0.29) is 17.5 Å². The molecule has 1 amide bonds. The lowest BCUT2D eigenvalue weighted by Crippen LogP contribution is -2.34. The molecule has 0 radical (unpaired) electrons. The van der Waals surface area contributed by atoms with E-state index in [9.17, 15) is 10.1 Å². The molecule has 0 aromatic heterocycles. The van der Waals surface area contributed by atoms with Crippen molar-refractivity contribution < 1.29 is 4.79 Å². The molecule has 1 aliphatic heterocycles. The predicted molar refractivity (Wildman–Crippen MR) is 92.8 cm³/mol. The summed E-state index contributed by atoms with van der Waals surface area (Å²) in [6, 6.07) is 18.7. The van der Waals surface area contributed by atoms with E-state index in [4.69, 9.17) is 5.73 Å².